The van der Waals surface area contributed by atoms with Crippen LogP contribution in [0.4, 0.5) is 5.82 Å². The standard InChI is InChI=1S/C15H15N3O2/c1-9-6-16-10(2)14(17-9)18-7-12-4-3-11(15(19)20)5-13(12)8-18/h3-6H,7-8H2,1-2H3,(H,19,20). The van der Waals surface area contributed by atoms with Crippen LogP contribution in [0.5, 0.6) is 0 Å². The van der Waals surface area contributed by atoms with Crippen molar-refractivity contribution in [3.63, 3.8) is 0 Å². The van der Waals surface area contributed by atoms with Crippen LogP contribution in [0.3, 0.4) is 0 Å². The number of hydrogen-bond acceptors (Lipinski definition) is 4. The first-order valence-electron chi connectivity index (χ1n) is 6.45. The number of fused-ring (bicyclic) bond motifs is 1. The first kappa shape index (κ1) is 12.6. The lowest BCUT2D eigenvalue weighted by molar-refractivity contribution is 0.0697. The summed E-state index contributed by atoms with van der Waals surface area (Å²) >= 11 is 0. The van der Waals surface area contributed by atoms with E-state index in [-0.39, 0.29) is 0 Å². The van der Waals surface area contributed by atoms with E-state index in [0.717, 1.165) is 34.9 Å². The monoisotopic (exact) mass is 269 g/mol. The summed E-state index contributed by atoms with van der Waals surface area (Å²) in [5.41, 5.74) is 4.30. The molecule has 0 radical (unpaired) electrons. The molecular formula is C15H15N3O2. The molecule has 1 aliphatic rings. The van der Waals surface area contributed by atoms with Crippen LogP contribution in [0.15, 0.2) is 24.4 Å². The van der Waals surface area contributed by atoms with E-state index < -0.39 is 5.97 Å². The molecular weight excluding hydrogens is 254 g/mol. The van der Waals surface area contributed by atoms with Gasteiger partial charge in [0.05, 0.1) is 17.0 Å². The van der Waals surface area contributed by atoms with Gasteiger partial charge in [-0.3, -0.25) is 4.98 Å². The third kappa shape index (κ3) is 2.11. The first-order chi connectivity index (χ1) is 9.54. The molecule has 0 aliphatic carbocycles. The van der Waals surface area contributed by atoms with Gasteiger partial charge in [0.2, 0.25) is 0 Å². The van der Waals surface area contributed by atoms with Crippen molar-refractivity contribution in [2.75, 3.05) is 4.90 Å². The Balaban J connectivity index is 1.94. The molecule has 0 bridgehead atoms. The molecule has 1 aromatic carbocycles. The van der Waals surface area contributed by atoms with Crippen LogP contribution >= 0.6 is 0 Å². The third-order valence-corrected chi connectivity index (χ3v) is 3.53. The fourth-order valence-corrected chi connectivity index (χ4v) is 2.50. The number of aryl methyl sites for hydroxylation is 2. The number of nitrogens with zero attached hydrogens (tertiary/aromatic N) is 3. The number of hydrogen-bond donors (Lipinski definition) is 1. The highest BCUT2D eigenvalue weighted by Crippen LogP contribution is 2.29. The molecule has 0 amide bonds. The van der Waals surface area contributed by atoms with E-state index in [1.165, 1.54) is 0 Å². The van der Waals surface area contributed by atoms with E-state index in [9.17, 15) is 4.79 Å². The lowest BCUT2D eigenvalue weighted by Gasteiger charge is -2.18. The molecule has 20 heavy (non-hydrogen) atoms. The topological polar surface area (TPSA) is 66.3 Å². The second-order valence-corrected chi connectivity index (χ2v) is 5.07. The quantitative estimate of drug-likeness (QED) is 0.906. The van der Waals surface area contributed by atoms with Crippen molar-refractivity contribution < 1.29 is 9.90 Å². The smallest absolute Gasteiger partial charge is 0.335 e. The summed E-state index contributed by atoms with van der Waals surface area (Å²) in [6, 6.07) is 5.28. The van der Waals surface area contributed by atoms with E-state index in [4.69, 9.17) is 5.11 Å². The maximum atomic E-state index is 11.0. The van der Waals surface area contributed by atoms with Crippen LogP contribution < -0.4 is 4.90 Å². The van der Waals surface area contributed by atoms with Crippen molar-refractivity contribution in [1.82, 2.24) is 9.97 Å². The Morgan fingerprint density at radius 3 is 2.75 bits per heavy atom. The fraction of sp³-hybridized carbons (Fsp3) is 0.267. The highest BCUT2D eigenvalue weighted by atomic mass is 16.4. The molecule has 0 fully saturated rings. The van der Waals surface area contributed by atoms with Gasteiger partial charge in [-0.2, -0.15) is 0 Å². The summed E-state index contributed by atoms with van der Waals surface area (Å²) in [4.78, 5) is 22.0. The molecule has 0 saturated carbocycles. The molecule has 102 valence electrons. The average molecular weight is 269 g/mol. The number of benzene rings is 1. The Bertz CT molecular complexity index is 698. The highest BCUT2D eigenvalue weighted by Gasteiger charge is 2.23. The Morgan fingerprint density at radius 2 is 2.00 bits per heavy atom. The number of rotatable bonds is 2. The maximum absolute atomic E-state index is 11.0. The summed E-state index contributed by atoms with van der Waals surface area (Å²) in [5.74, 6) is -0.0177. The Labute approximate surface area is 116 Å². The van der Waals surface area contributed by atoms with Crippen molar-refractivity contribution in [2.45, 2.75) is 26.9 Å². The van der Waals surface area contributed by atoms with E-state index in [2.05, 4.69) is 14.9 Å². The van der Waals surface area contributed by atoms with E-state index >= 15 is 0 Å². The second kappa shape index (κ2) is 4.59. The minimum absolute atomic E-state index is 0.331. The fourth-order valence-electron chi connectivity index (χ4n) is 2.50. The van der Waals surface area contributed by atoms with Crippen LogP contribution in [-0.2, 0) is 13.1 Å². The van der Waals surface area contributed by atoms with Crippen molar-refractivity contribution in [3.05, 3.63) is 52.5 Å². The van der Waals surface area contributed by atoms with Crippen LogP contribution in [0.25, 0.3) is 0 Å². The first-order valence-corrected chi connectivity index (χ1v) is 6.45. The average Bonchev–Trinajstić information content (AvgIpc) is 2.83. The van der Waals surface area contributed by atoms with Crippen molar-refractivity contribution in [1.29, 1.82) is 0 Å². The zero-order valence-corrected chi connectivity index (χ0v) is 11.4. The van der Waals surface area contributed by atoms with Gasteiger partial charge in [0.1, 0.15) is 0 Å². The van der Waals surface area contributed by atoms with Gasteiger partial charge in [0, 0.05) is 19.3 Å². The SMILES string of the molecule is Cc1cnc(C)c(N2Cc3ccc(C(=O)O)cc3C2)n1. The molecule has 5 nitrogen and oxygen atoms in total. The lowest BCUT2D eigenvalue weighted by Crippen LogP contribution is -2.18. The number of carboxylic acid groups (broad SMARTS) is 1. The molecule has 1 aliphatic heterocycles. The minimum atomic E-state index is -0.891. The molecule has 5 heteroatoms. The summed E-state index contributed by atoms with van der Waals surface area (Å²) in [6.45, 7) is 5.28. The Morgan fingerprint density at radius 1 is 1.25 bits per heavy atom. The van der Waals surface area contributed by atoms with Crippen molar-refractivity contribution >= 4 is 11.8 Å². The molecule has 3 rings (SSSR count). The predicted octanol–water partition coefficient (Wildman–Crippen LogP) is 2.31. The molecule has 2 heterocycles. The molecule has 0 unspecified atom stereocenters. The lowest BCUT2D eigenvalue weighted by atomic mass is 10.1. The molecule has 2 aromatic rings. The van der Waals surface area contributed by atoms with Gasteiger partial charge in [-0.05, 0) is 37.1 Å². The van der Waals surface area contributed by atoms with Gasteiger partial charge in [-0.1, -0.05) is 6.07 Å². The summed E-state index contributed by atoms with van der Waals surface area (Å²) < 4.78 is 0. The van der Waals surface area contributed by atoms with Crippen molar-refractivity contribution in [2.24, 2.45) is 0 Å². The van der Waals surface area contributed by atoms with Crippen LogP contribution in [-0.4, -0.2) is 21.0 Å². The number of aromatic nitrogens is 2. The van der Waals surface area contributed by atoms with Gasteiger partial charge in [0.15, 0.2) is 5.82 Å². The van der Waals surface area contributed by atoms with Crippen LogP contribution in [0.2, 0.25) is 0 Å². The second-order valence-electron chi connectivity index (χ2n) is 5.07. The number of aromatic carboxylic acids is 1. The predicted molar refractivity (Wildman–Crippen MR) is 74.8 cm³/mol. The third-order valence-electron chi connectivity index (χ3n) is 3.53. The number of carbonyl (C=O) groups is 1. The molecule has 0 spiro atoms. The number of carboxylic acids is 1. The van der Waals surface area contributed by atoms with Crippen molar-refractivity contribution in [3.8, 4) is 0 Å². The summed E-state index contributed by atoms with van der Waals surface area (Å²) in [5, 5.41) is 9.04. The van der Waals surface area contributed by atoms with Gasteiger partial charge in [-0.25, -0.2) is 9.78 Å². The van der Waals surface area contributed by atoms with E-state index in [0.29, 0.717) is 12.1 Å². The van der Waals surface area contributed by atoms with Gasteiger partial charge < -0.3 is 10.0 Å². The van der Waals surface area contributed by atoms with Gasteiger partial charge in [-0.15, -0.1) is 0 Å². The van der Waals surface area contributed by atoms with E-state index in [1.807, 2.05) is 19.9 Å². The zero-order chi connectivity index (χ0) is 14.3. The molecule has 0 saturated heterocycles. The zero-order valence-electron chi connectivity index (χ0n) is 11.4. The number of anilines is 1. The Kier molecular flexibility index (Phi) is 2.89. The van der Waals surface area contributed by atoms with Crippen LogP contribution in [0.1, 0.15) is 32.9 Å². The minimum Gasteiger partial charge on any atom is -0.478 e. The summed E-state index contributed by atoms with van der Waals surface area (Å²) in [7, 11) is 0. The molecule has 1 aromatic heterocycles. The van der Waals surface area contributed by atoms with Crippen LogP contribution in [0, 0.1) is 13.8 Å². The van der Waals surface area contributed by atoms with Gasteiger partial charge >= 0.3 is 5.97 Å². The highest BCUT2D eigenvalue weighted by molar-refractivity contribution is 5.88. The summed E-state index contributed by atoms with van der Waals surface area (Å²) in [6.07, 6.45) is 1.75. The maximum Gasteiger partial charge on any atom is 0.335 e. The normalized spacial score (nSPS) is 13.4. The Hall–Kier alpha value is -2.43. The molecule has 0 atom stereocenters. The van der Waals surface area contributed by atoms with E-state index in [1.54, 1.807) is 18.3 Å². The van der Waals surface area contributed by atoms with Gasteiger partial charge in [0.25, 0.3) is 0 Å². The largest absolute Gasteiger partial charge is 0.478 e. The molecule has 1 N–H and O–H groups in total.